The van der Waals surface area contributed by atoms with Gasteiger partial charge in [-0.2, -0.15) is 0 Å². The highest BCUT2D eigenvalue weighted by Gasteiger charge is 2.44. The van der Waals surface area contributed by atoms with Gasteiger partial charge in [0.1, 0.15) is 18.5 Å². The Morgan fingerprint density at radius 2 is 2.24 bits per heavy atom. The van der Waals surface area contributed by atoms with Crippen molar-refractivity contribution >= 4 is 18.2 Å². The third-order valence-electron chi connectivity index (χ3n) is 4.46. The van der Waals surface area contributed by atoms with Crippen LogP contribution in [0.15, 0.2) is 35.5 Å². The first-order valence-corrected chi connectivity index (χ1v) is 8.42. The van der Waals surface area contributed by atoms with E-state index in [1.165, 1.54) is 0 Å². The van der Waals surface area contributed by atoms with Gasteiger partial charge in [-0.05, 0) is 30.1 Å². The molecule has 0 aromatic carbocycles. The Kier molecular flexibility index (Phi) is 6.31. The molecule has 1 aliphatic carbocycles. The molecule has 0 aromatic rings. The van der Waals surface area contributed by atoms with Gasteiger partial charge in [-0.3, -0.25) is 9.59 Å². The van der Waals surface area contributed by atoms with Gasteiger partial charge in [0.05, 0.1) is 18.4 Å². The average molecular weight is 348 g/mol. The number of aliphatic hydroxyl groups excluding tert-OH is 1. The summed E-state index contributed by atoms with van der Waals surface area (Å²) in [5.41, 5.74) is 1.41. The Hall–Kier alpha value is -2.21. The van der Waals surface area contributed by atoms with Crippen LogP contribution < -0.4 is 0 Å². The second-order valence-corrected chi connectivity index (χ2v) is 6.67. The van der Waals surface area contributed by atoms with Crippen LogP contribution in [0.3, 0.4) is 0 Å². The van der Waals surface area contributed by atoms with E-state index in [2.05, 4.69) is 6.58 Å². The maximum atomic E-state index is 12.1. The number of carbonyl (C=O) groups is 3. The van der Waals surface area contributed by atoms with Gasteiger partial charge in [0.25, 0.3) is 0 Å². The summed E-state index contributed by atoms with van der Waals surface area (Å²) in [4.78, 5) is 35.5. The van der Waals surface area contributed by atoms with Crippen LogP contribution in [0.4, 0.5) is 0 Å². The van der Waals surface area contributed by atoms with Gasteiger partial charge in [-0.15, -0.1) is 0 Å². The maximum Gasteiger partial charge on any atom is 0.334 e. The van der Waals surface area contributed by atoms with Crippen molar-refractivity contribution in [2.24, 2.45) is 11.8 Å². The quantitative estimate of drug-likeness (QED) is 0.361. The molecule has 2 aliphatic rings. The van der Waals surface area contributed by atoms with Crippen molar-refractivity contribution in [2.75, 3.05) is 6.61 Å². The van der Waals surface area contributed by atoms with E-state index in [0.717, 1.165) is 6.29 Å². The van der Waals surface area contributed by atoms with Crippen LogP contribution in [-0.4, -0.2) is 42.1 Å². The highest BCUT2D eigenvalue weighted by Crippen LogP contribution is 2.36. The molecule has 2 rings (SSSR count). The van der Waals surface area contributed by atoms with Gasteiger partial charge >= 0.3 is 11.9 Å². The molecule has 136 valence electrons. The Balaban J connectivity index is 2.43. The van der Waals surface area contributed by atoms with Crippen molar-refractivity contribution in [1.29, 1.82) is 0 Å². The lowest BCUT2D eigenvalue weighted by molar-refractivity contribution is -0.155. The fourth-order valence-electron chi connectivity index (χ4n) is 3.01. The summed E-state index contributed by atoms with van der Waals surface area (Å²) in [7, 11) is 0. The first-order chi connectivity index (χ1) is 11.9. The number of esters is 2. The van der Waals surface area contributed by atoms with Gasteiger partial charge in [-0.25, -0.2) is 4.79 Å². The topological polar surface area (TPSA) is 89.9 Å². The molecule has 6 nitrogen and oxygen atoms in total. The summed E-state index contributed by atoms with van der Waals surface area (Å²) in [6.45, 7) is 7.04. The highest BCUT2D eigenvalue weighted by molar-refractivity contribution is 5.91. The smallest absolute Gasteiger partial charge is 0.334 e. The van der Waals surface area contributed by atoms with Crippen LogP contribution in [0.25, 0.3) is 0 Å². The third kappa shape index (κ3) is 4.45. The number of allylic oxidation sites excluding steroid dienone is 1. The number of aldehydes is 1. The van der Waals surface area contributed by atoms with Crippen LogP contribution in [-0.2, 0) is 23.9 Å². The molecule has 0 unspecified atom stereocenters. The Morgan fingerprint density at radius 3 is 2.84 bits per heavy atom. The zero-order valence-corrected chi connectivity index (χ0v) is 14.6. The van der Waals surface area contributed by atoms with Crippen molar-refractivity contribution in [3.63, 3.8) is 0 Å². The van der Waals surface area contributed by atoms with Crippen LogP contribution in [0.1, 0.15) is 33.1 Å². The van der Waals surface area contributed by atoms with Gasteiger partial charge in [0, 0.05) is 12.0 Å². The first-order valence-electron chi connectivity index (χ1n) is 8.42. The Labute approximate surface area is 147 Å². The van der Waals surface area contributed by atoms with E-state index >= 15 is 0 Å². The number of aliphatic hydroxyl groups is 1. The number of hydrogen-bond donors (Lipinski definition) is 1. The molecule has 25 heavy (non-hydrogen) atoms. The van der Waals surface area contributed by atoms with E-state index in [4.69, 9.17) is 9.47 Å². The molecule has 1 aliphatic heterocycles. The monoisotopic (exact) mass is 348 g/mol. The van der Waals surface area contributed by atoms with Crippen LogP contribution in [0.2, 0.25) is 0 Å². The van der Waals surface area contributed by atoms with Gasteiger partial charge in [-0.1, -0.05) is 26.5 Å². The Bertz CT molecular complexity index is 628. The zero-order valence-electron chi connectivity index (χ0n) is 14.6. The molecule has 0 radical (unpaired) electrons. The standard InChI is InChI=1S/C19H24O6/c1-11(2)18(22)24-15-7-13(9-20)5-4-6-14(10-21)8-16-17(15)12(3)19(23)25-16/h5,8-9,11,15-17,21H,3-4,6-7,10H2,1-2H3/b13-5+,14-8-/t15-,16-,17-/m1/s1. The summed E-state index contributed by atoms with van der Waals surface area (Å²) >= 11 is 0. The van der Waals surface area contributed by atoms with Crippen LogP contribution in [0, 0.1) is 11.8 Å². The molecule has 1 fully saturated rings. The number of fused-ring (bicyclic) bond motifs is 1. The first kappa shape index (κ1) is 19.1. The second kappa shape index (κ2) is 8.25. The summed E-state index contributed by atoms with van der Waals surface area (Å²) < 4.78 is 11.0. The lowest BCUT2D eigenvalue weighted by Crippen LogP contribution is -2.34. The average Bonchev–Trinajstić information content (AvgIpc) is 2.85. The van der Waals surface area contributed by atoms with Crippen molar-refractivity contribution < 1.29 is 29.0 Å². The minimum Gasteiger partial charge on any atom is -0.461 e. The molecular weight excluding hydrogens is 324 g/mol. The summed E-state index contributed by atoms with van der Waals surface area (Å²) in [6.07, 6.45) is 4.12. The summed E-state index contributed by atoms with van der Waals surface area (Å²) in [6, 6.07) is 0. The maximum absolute atomic E-state index is 12.1. The second-order valence-electron chi connectivity index (χ2n) is 6.67. The summed E-state index contributed by atoms with van der Waals surface area (Å²) in [5.74, 6) is -1.89. The lowest BCUT2D eigenvalue weighted by atomic mass is 9.85. The SMILES string of the molecule is C=C1C(=O)O[C@@H]2/C=C(\CO)CC/C=C(/C=O)C[C@@H](OC(=O)C(C)C)[C@@H]12. The molecule has 1 N–H and O–H groups in total. The number of ether oxygens (including phenoxy) is 2. The van der Waals surface area contributed by atoms with E-state index in [1.807, 2.05) is 0 Å². The molecule has 3 atom stereocenters. The van der Waals surface area contributed by atoms with Crippen LogP contribution >= 0.6 is 0 Å². The van der Waals surface area contributed by atoms with E-state index in [-0.39, 0.29) is 24.5 Å². The van der Waals surface area contributed by atoms with E-state index in [1.54, 1.807) is 26.0 Å². The highest BCUT2D eigenvalue weighted by atomic mass is 16.6. The van der Waals surface area contributed by atoms with Crippen molar-refractivity contribution in [2.45, 2.75) is 45.3 Å². The molecule has 0 bridgehead atoms. The van der Waals surface area contributed by atoms with E-state index in [9.17, 15) is 19.5 Å². The molecule has 6 heteroatoms. The van der Waals surface area contributed by atoms with Gasteiger partial charge in [0.15, 0.2) is 0 Å². The predicted octanol–water partition coefficient (Wildman–Crippen LogP) is 1.88. The number of carbonyl (C=O) groups excluding carboxylic acids is 3. The fraction of sp³-hybridized carbons (Fsp3) is 0.526. The number of hydrogen-bond acceptors (Lipinski definition) is 6. The molecule has 0 aromatic heterocycles. The molecule has 1 heterocycles. The lowest BCUT2D eigenvalue weighted by Gasteiger charge is -2.27. The summed E-state index contributed by atoms with van der Waals surface area (Å²) in [5, 5.41) is 9.52. The van der Waals surface area contributed by atoms with E-state index < -0.39 is 30.1 Å². The zero-order chi connectivity index (χ0) is 18.6. The number of rotatable bonds is 4. The van der Waals surface area contributed by atoms with Crippen molar-refractivity contribution in [3.05, 3.63) is 35.5 Å². The minimum atomic E-state index is -0.732. The van der Waals surface area contributed by atoms with Crippen molar-refractivity contribution in [1.82, 2.24) is 0 Å². The Morgan fingerprint density at radius 1 is 1.52 bits per heavy atom. The fourth-order valence-corrected chi connectivity index (χ4v) is 3.01. The van der Waals surface area contributed by atoms with Crippen LogP contribution in [0.5, 0.6) is 0 Å². The molecule has 0 spiro atoms. The third-order valence-corrected chi connectivity index (χ3v) is 4.46. The predicted molar refractivity (Wildman–Crippen MR) is 90.4 cm³/mol. The van der Waals surface area contributed by atoms with E-state index in [0.29, 0.717) is 24.0 Å². The molecular formula is C19H24O6. The van der Waals surface area contributed by atoms with Gasteiger partial charge < -0.3 is 14.6 Å². The minimum absolute atomic E-state index is 0.173. The normalized spacial score (nSPS) is 31.3. The van der Waals surface area contributed by atoms with Gasteiger partial charge in [0.2, 0.25) is 0 Å². The van der Waals surface area contributed by atoms with Crippen molar-refractivity contribution in [3.8, 4) is 0 Å². The molecule has 0 amide bonds. The molecule has 1 saturated heterocycles. The largest absolute Gasteiger partial charge is 0.461 e. The molecule has 0 saturated carbocycles.